The molecule has 0 aliphatic carbocycles. The summed E-state index contributed by atoms with van der Waals surface area (Å²) in [5.74, 6) is 0.702. The van der Waals surface area contributed by atoms with Crippen molar-refractivity contribution in [2.24, 2.45) is 0 Å². The number of piperazine rings is 1. The molecule has 1 aromatic rings. The van der Waals surface area contributed by atoms with Gasteiger partial charge in [0, 0.05) is 31.1 Å². The van der Waals surface area contributed by atoms with Crippen molar-refractivity contribution in [3.63, 3.8) is 0 Å². The SMILES string of the molecule is CC(C)c1ccc(C(=O)N2CCNCC2)s1. The molecule has 1 aromatic heterocycles. The summed E-state index contributed by atoms with van der Waals surface area (Å²) in [5.41, 5.74) is 0. The fraction of sp³-hybridized carbons (Fsp3) is 0.583. The molecule has 1 saturated heterocycles. The third-order valence-corrected chi connectivity index (χ3v) is 4.18. The Balaban J connectivity index is 2.07. The van der Waals surface area contributed by atoms with Crippen LogP contribution < -0.4 is 5.32 Å². The van der Waals surface area contributed by atoms with Crippen LogP contribution in [-0.4, -0.2) is 37.0 Å². The highest BCUT2D eigenvalue weighted by Gasteiger charge is 2.19. The van der Waals surface area contributed by atoms with Crippen LogP contribution in [-0.2, 0) is 0 Å². The number of nitrogens with zero attached hydrogens (tertiary/aromatic N) is 1. The number of hydrogen-bond acceptors (Lipinski definition) is 3. The number of carbonyl (C=O) groups excluding carboxylic acids is 1. The lowest BCUT2D eigenvalue weighted by Crippen LogP contribution is -2.46. The molecule has 2 rings (SSSR count). The minimum absolute atomic E-state index is 0.193. The van der Waals surface area contributed by atoms with Crippen molar-refractivity contribution < 1.29 is 4.79 Å². The first-order valence-electron chi connectivity index (χ1n) is 5.78. The Morgan fingerprint density at radius 3 is 2.62 bits per heavy atom. The fourth-order valence-corrected chi connectivity index (χ4v) is 2.78. The van der Waals surface area contributed by atoms with Gasteiger partial charge < -0.3 is 10.2 Å². The van der Waals surface area contributed by atoms with Crippen LogP contribution in [0.4, 0.5) is 0 Å². The molecule has 1 amide bonds. The Kier molecular flexibility index (Phi) is 3.61. The molecular weight excluding hydrogens is 220 g/mol. The Bertz CT molecular complexity index is 367. The van der Waals surface area contributed by atoms with Crippen LogP contribution in [0.25, 0.3) is 0 Å². The number of rotatable bonds is 2. The van der Waals surface area contributed by atoms with Crippen LogP contribution in [0.2, 0.25) is 0 Å². The summed E-state index contributed by atoms with van der Waals surface area (Å²) in [6.45, 7) is 7.79. The lowest BCUT2D eigenvalue weighted by atomic mass is 10.2. The van der Waals surface area contributed by atoms with Gasteiger partial charge in [-0.25, -0.2) is 0 Å². The highest BCUT2D eigenvalue weighted by Crippen LogP contribution is 2.25. The van der Waals surface area contributed by atoms with Gasteiger partial charge in [-0.05, 0) is 18.1 Å². The molecule has 0 radical (unpaired) electrons. The molecule has 2 heterocycles. The zero-order valence-corrected chi connectivity index (χ0v) is 10.6. The molecule has 0 saturated carbocycles. The van der Waals surface area contributed by atoms with Crippen molar-refractivity contribution in [1.82, 2.24) is 10.2 Å². The molecule has 0 bridgehead atoms. The van der Waals surface area contributed by atoms with E-state index in [1.165, 1.54) is 4.88 Å². The van der Waals surface area contributed by atoms with Gasteiger partial charge in [0.2, 0.25) is 0 Å². The zero-order valence-electron chi connectivity index (χ0n) is 9.82. The first kappa shape index (κ1) is 11.6. The van der Waals surface area contributed by atoms with Crippen molar-refractivity contribution >= 4 is 17.2 Å². The molecule has 0 unspecified atom stereocenters. The maximum Gasteiger partial charge on any atom is 0.264 e. The summed E-state index contributed by atoms with van der Waals surface area (Å²) < 4.78 is 0. The minimum atomic E-state index is 0.193. The predicted octanol–water partition coefficient (Wildman–Crippen LogP) is 1.92. The summed E-state index contributed by atoms with van der Waals surface area (Å²) in [6, 6.07) is 4.04. The van der Waals surface area contributed by atoms with Gasteiger partial charge in [0.05, 0.1) is 4.88 Å². The van der Waals surface area contributed by atoms with Crippen molar-refractivity contribution in [2.45, 2.75) is 19.8 Å². The molecular formula is C12H18N2OS. The summed E-state index contributed by atoms with van der Waals surface area (Å²) in [6.07, 6.45) is 0. The molecule has 88 valence electrons. The summed E-state index contributed by atoms with van der Waals surface area (Å²) in [7, 11) is 0. The number of amides is 1. The van der Waals surface area contributed by atoms with Crippen LogP contribution in [0.3, 0.4) is 0 Å². The van der Waals surface area contributed by atoms with Gasteiger partial charge >= 0.3 is 0 Å². The lowest BCUT2D eigenvalue weighted by molar-refractivity contribution is 0.0740. The average molecular weight is 238 g/mol. The number of nitrogens with one attached hydrogen (secondary N) is 1. The Morgan fingerprint density at radius 1 is 1.38 bits per heavy atom. The molecule has 1 N–H and O–H groups in total. The Morgan fingerprint density at radius 2 is 2.06 bits per heavy atom. The van der Waals surface area contributed by atoms with E-state index in [-0.39, 0.29) is 5.91 Å². The molecule has 16 heavy (non-hydrogen) atoms. The normalized spacial score (nSPS) is 16.8. The molecule has 4 heteroatoms. The number of carbonyl (C=O) groups is 1. The second kappa shape index (κ2) is 4.97. The van der Waals surface area contributed by atoms with Crippen LogP contribution >= 0.6 is 11.3 Å². The number of thiophene rings is 1. The third kappa shape index (κ3) is 2.44. The van der Waals surface area contributed by atoms with Crippen LogP contribution in [0.5, 0.6) is 0 Å². The first-order chi connectivity index (χ1) is 7.68. The number of hydrogen-bond donors (Lipinski definition) is 1. The molecule has 1 fully saturated rings. The molecule has 3 nitrogen and oxygen atoms in total. The van der Waals surface area contributed by atoms with Gasteiger partial charge in [-0.15, -0.1) is 11.3 Å². The van der Waals surface area contributed by atoms with E-state index in [4.69, 9.17) is 0 Å². The van der Waals surface area contributed by atoms with E-state index in [9.17, 15) is 4.79 Å². The highest BCUT2D eigenvalue weighted by molar-refractivity contribution is 7.14. The largest absolute Gasteiger partial charge is 0.335 e. The average Bonchev–Trinajstić information content (AvgIpc) is 2.78. The Labute approximate surface area is 100 Å². The lowest BCUT2D eigenvalue weighted by Gasteiger charge is -2.26. The summed E-state index contributed by atoms with van der Waals surface area (Å²) >= 11 is 1.63. The van der Waals surface area contributed by atoms with E-state index in [1.807, 2.05) is 11.0 Å². The monoisotopic (exact) mass is 238 g/mol. The van der Waals surface area contributed by atoms with Crippen molar-refractivity contribution in [3.8, 4) is 0 Å². The van der Waals surface area contributed by atoms with Gasteiger partial charge in [0.25, 0.3) is 5.91 Å². The summed E-state index contributed by atoms with van der Waals surface area (Å²) in [4.78, 5) is 16.3. The second-order valence-corrected chi connectivity index (χ2v) is 5.51. The van der Waals surface area contributed by atoms with Gasteiger partial charge in [-0.2, -0.15) is 0 Å². The van der Waals surface area contributed by atoms with E-state index in [0.717, 1.165) is 31.1 Å². The van der Waals surface area contributed by atoms with Crippen molar-refractivity contribution in [2.75, 3.05) is 26.2 Å². The van der Waals surface area contributed by atoms with E-state index < -0.39 is 0 Å². The van der Waals surface area contributed by atoms with Crippen molar-refractivity contribution in [1.29, 1.82) is 0 Å². The van der Waals surface area contributed by atoms with Gasteiger partial charge in [-0.3, -0.25) is 4.79 Å². The maximum absolute atomic E-state index is 12.1. The zero-order chi connectivity index (χ0) is 11.5. The first-order valence-corrected chi connectivity index (χ1v) is 6.60. The molecule has 0 spiro atoms. The van der Waals surface area contributed by atoms with Crippen LogP contribution in [0.15, 0.2) is 12.1 Å². The topological polar surface area (TPSA) is 32.3 Å². The highest BCUT2D eigenvalue weighted by atomic mass is 32.1. The second-order valence-electron chi connectivity index (χ2n) is 4.40. The van der Waals surface area contributed by atoms with E-state index in [1.54, 1.807) is 11.3 Å². The van der Waals surface area contributed by atoms with Crippen LogP contribution in [0, 0.1) is 0 Å². The van der Waals surface area contributed by atoms with Crippen molar-refractivity contribution in [3.05, 3.63) is 21.9 Å². The van der Waals surface area contributed by atoms with Gasteiger partial charge in [0.1, 0.15) is 0 Å². The van der Waals surface area contributed by atoms with E-state index in [0.29, 0.717) is 5.92 Å². The van der Waals surface area contributed by atoms with E-state index in [2.05, 4.69) is 25.2 Å². The van der Waals surface area contributed by atoms with Crippen LogP contribution in [0.1, 0.15) is 34.3 Å². The molecule has 1 aliphatic rings. The molecule has 1 aliphatic heterocycles. The van der Waals surface area contributed by atoms with Gasteiger partial charge in [-0.1, -0.05) is 13.8 Å². The smallest absolute Gasteiger partial charge is 0.264 e. The minimum Gasteiger partial charge on any atom is -0.335 e. The summed E-state index contributed by atoms with van der Waals surface area (Å²) in [5, 5.41) is 3.25. The Hall–Kier alpha value is -0.870. The quantitative estimate of drug-likeness (QED) is 0.853. The molecule has 0 aromatic carbocycles. The predicted molar refractivity (Wildman–Crippen MR) is 67.2 cm³/mol. The fourth-order valence-electron chi connectivity index (χ4n) is 1.80. The molecule has 0 atom stereocenters. The standard InChI is InChI=1S/C12H18N2OS/c1-9(2)10-3-4-11(16-10)12(15)14-7-5-13-6-8-14/h3-4,9,13H,5-8H2,1-2H3. The third-order valence-electron chi connectivity index (χ3n) is 2.81. The van der Waals surface area contributed by atoms with E-state index >= 15 is 0 Å². The maximum atomic E-state index is 12.1. The van der Waals surface area contributed by atoms with Gasteiger partial charge in [0.15, 0.2) is 0 Å².